The van der Waals surface area contributed by atoms with E-state index in [2.05, 4.69) is 10.6 Å². The predicted octanol–water partition coefficient (Wildman–Crippen LogP) is 5.30. The first-order valence-corrected chi connectivity index (χ1v) is 12.7. The van der Waals surface area contributed by atoms with Crippen LogP contribution in [0.15, 0.2) is 71.6 Å². The number of imide groups is 1. The molecule has 3 aromatic carbocycles. The molecule has 0 saturated carbocycles. The molecule has 0 aromatic heterocycles. The number of carbonyl (C=O) groups is 4. The van der Waals surface area contributed by atoms with Crippen LogP contribution in [0.4, 0.5) is 16.2 Å². The van der Waals surface area contributed by atoms with Crippen molar-refractivity contribution >= 4 is 52.2 Å². The number of carbonyl (C=O) groups excluding carboxylic acids is 4. The second-order valence-corrected chi connectivity index (χ2v) is 9.90. The molecule has 0 unspecified atom stereocenters. The Labute approximate surface area is 225 Å². The Bertz CT molecular complexity index is 1420. The highest BCUT2D eigenvalue weighted by atomic mass is 32.2. The Hall–Kier alpha value is -4.37. The average Bonchev–Trinajstić information content (AvgIpc) is 3.14. The van der Waals surface area contributed by atoms with Crippen LogP contribution in [0, 0.1) is 20.8 Å². The van der Waals surface area contributed by atoms with Crippen molar-refractivity contribution in [2.45, 2.75) is 20.8 Å². The molecule has 4 amide bonds. The van der Waals surface area contributed by atoms with E-state index in [-0.39, 0.29) is 24.0 Å². The molecule has 4 rings (SSSR count). The van der Waals surface area contributed by atoms with Gasteiger partial charge < -0.3 is 15.4 Å². The number of rotatable bonds is 8. The first kappa shape index (κ1) is 26.7. The van der Waals surface area contributed by atoms with Crippen molar-refractivity contribution in [1.82, 2.24) is 4.90 Å². The van der Waals surface area contributed by atoms with Gasteiger partial charge in [-0.2, -0.15) is 0 Å². The van der Waals surface area contributed by atoms with Gasteiger partial charge in [0, 0.05) is 11.4 Å². The maximum Gasteiger partial charge on any atom is 0.294 e. The van der Waals surface area contributed by atoms with Crippen LogP contribution in [-0.2, 0) is 14.4 Å². The summed E-state index contributed by atoms with van der Waals surface area (Å²) in [5.74, 6) is -0.773. The standard InChI is InChI=1S/C29H27N3O5S/c1-18-5-10-22(11-6-18)30-27(34)17-37-23-12-8-21(9-13-23)15-25-28(35)32(29(36)38-25)16-26(33)31-24-14-19(2)4-7-20(24)3/h4-15H,16-17H2,1-3H3,(H,30,34)(H,31,33)/b25-15+. The highest BCUT2D eigenvalue weighted by molar-refractivity contribution is 8.18. The summed E-state index contributed by atoms with van der Waals surface area (Å²) in [5.41, 5.74) is 4.98. The highest BCUT2D eigenvalue weighted by Gasteiger charge is 2.36. The van der Waals surface area contributed by atoms with Crippen molar-refractivity contribution < 1.29 is 23.9 Å². The van der Waals surface area contributed by atoms with E-state index >= 15 is 0 Å². The van der Waals surface area contributed by atoms with E-state index in [1.54, 1.807) is 30.3 Å². The molecular weight excluding hydrogens is 502 g/mol. The number of anilines is 2. The molecule has 2 N–H and O–H groups in total. The van der Waals surface area contributed by atoms with E-state index in [1.165, 1.54) is 0 Å². The van der Waals surface area contributed by atoms with Gasteiger partial charge in [-0.05, 0) is 85.6 Å². The lowest BCUT2D eigenvalue weighted by atomic mass is 10.1. The van der Waals surface area contributed by atoms with Crippen molar-refractivity contribution in [3.63, 3.8) is 0 Å². The lowest BCUT2D eigenvalue weighted by molar-refractivity contribution is -0.127. The molecule has 3 aromatic rings. The molecule has 0 bridgehead atoms. The van der Waals surface area contributed by atoms with E-state index in [0.717, 1.165) is 33.4 Å². The number of thioether (sulfide) groups is 1. The first-order valence-electron chi connectivity index (χ1n) is 11.9. The fourth-order valence-corrected chi connectivity index (χ4v) is 4.47. The quantitative estimate of drug-likeness (QED) is 0.384. The van der Waals surface area contributed by atoms with Gasteiger partial charge in [-0.25, -0.2) is 0 Å². The topological polar surface area (TPSA) is 105 Å². The van der Waals surface area contributed by atoms with Crippen LogP contribution in [0.2, 0.25) is 0 Å². The number of aryl methyl sites for hydroxylation is 3. The first-order chi connectivity index (χ1) is 18.2. The summed E-state index contributed by atoms with van der Waals surface area (Å²) in [6.45, 7) is 5.23. The minimum Gasteiger partial charge on any atom is -0.484 e. The van der Waals surface area contributed by atoms with Gasteiger partial charge in [0.25, 0.3) is 17.1 Å². The van der Waals surface area contributed by atoms with Crippen LogP contribution in [0.5, 0.6) is 5.75 Å². The zero-order chi connectivity index (χ0) is 27.2. The van der Waals surface area contributed by atoms with Gasteiger partial charge in [-0.1, -0.05) is 42.0 Å². The lowest BCUT2D eigenvalue weighted by Crippen LogP contribution is -2.36. The third-order valence-corrected chi connectivity index (χ3v) is 6.63. The molecule has 0 atom stereocenters. The van der Waals surface area contributed by atoms with Crippen LogP contribution < -0.4 is 15.4 Å². The van der Waals surface area contributed by atoms with Crippen molar-refractivity contribution in [3.05, 3.63) is 93.9 Å². The fraction of sp³-hybridized carbons (Fsp3) is 0.172. The van der Waals surface area contributed by atoms with Gasteiger partial charge in [0.15, 0.2) is 6.61 Å². The monoisotopic (exact) mass is 529 g/mol. The Kier molecular flexibility index (Phi) is 8.28. The normalized spacial score (nSPS) is 14.1. The van der Waals surface area contributed by atoms with Crippen LogP contribution in [0.1, 0.15) is 22.3 Å². The molecule has 38 heavy (non-hydrogen) atoms. The number of hydrogen-bond acceptors (Lipinski definition) is 6. The number of hydrogen-bond donors (Lipinski definition) is 2. The van der Waals surface area contributed by atoms with Gasteiger partial charge in [-0.3, -0.25) is 24.1 Å². The molecule has 9 heteroatoms. The summed E-state index contributed by atoms with van der Waals surface area (Å²) >= 11 is 0.785. The second kappa shape index (κ2) is 11.8. The summed E-state index contributed by atoms with van der Waals surface area (Å²) < 4.78 is 5.54. The third kappa shape index (κ3) is 6.89. The smallest absolute Gasteiger partial charge is 0.294 e. The van der Waals surface area contributed by atoms with E-state index < -0.39 is 17.1 Å². The molecule has 1 fully saturated rings. The van der Waals surface area contributed by atoms with E-state index in [4.69, 9.17) is 4.74 Å². The van der Waals surface area contributed by atoms with E-state index in [9.17, 15) is 19.2 Å². The summed E-state index contributed by atoms with van der Waals surface area (Å²) in [6, 6.07) is 19.9. The van der Waals surface area contributed by atoms with Gasteiger partial charge in [0.1, 0.15) is 12.3 Å². The van der Waals surface area contributed by atoms with Crippen molar-refractivity contribution in [2.75, 3.05) is 23.8 Å². The number of nitrogens with one attached hydrogen (secondary N) is 2. The van der Waals surface area contributed by atoms with Crippen LogP contribution in [0.25, 0.3) is 6.08 Å². The van der Waals surface area contributed by atoms with Crippen LogP contribution in [0.3, 0.4) is 0 Å². The Morgan fingerprint density at radius 1 is 0.868 bits per heavy atom. The SMILES string of the molecule is Cc1ccc(NC(=O)COc2ccc(/C=C3/SC(=O)N(CC(=O)Nc4cc(C)ccc4C)C3=O)cc2)cc1. The number of nitrogens with zero attached hydrogens (tertiary/aromatic N) is 1. The molecule has 8 nitrogen and oxygen atoms in total. The average molecular weight is 530 g/mol. The van der Waals surface area contributed by atoms with Crippen LogP contribution in [-0.4, -0.2) is 41.0 Å². The largest absolute Gasteiger partial charge is 0.484 e. The maximum absolute atomic E-state index is 12.8. The Morgan fingerprint density at radius 2 is 1.55 bits per heavy atom. The van der Waals surface area contributed by atoms with Gasteiger partial charge in [-0.15, -0.1) is 0 Å². The highest BCUT2D eigenvalue weighted by Crippen LogP contribution is 2.32. The summed E-state index contributed by atoms with van der Waals surface area (Å²) in [7, 11) is 0. The van der Waals surface area contributed by atoms with E-state index in [1.807, 2.05) is 63.2 Å². The molecule has 0 radical (unpaired) electrons. The Morgan fingerprint density at radius 3 is 2.26 bits per heavy atom. The predicted molar refractivity (Wildman–Crippen MR) is 149 cm³/mol. The number of amides is 4. The number of benzene rings is 3. The zero-order valence-electron chi connectivity index (χ0n) is 21.2. The van der Waals surface area contributed by atoms with Gasteiger partial charge >= 0.3 is 0 Å². The Balaban J connectivity index is 1.31. The lowest BCUT2D eigenvalue weighted by Gasteiger charge is -2.14. The fourth-order valence-electron chi connectivity index (χ4n) is 3.63. The molecular formula is C29H27N3O5S. The minimum absolute atomic E-state index is 0.156. The molecule has 1 heterocycles. The summed E-state index contributed by atoms with van der Waals surface area (Å²) in [5, 5.41) is 5.03. The van der Waals surface area contributed by atoms with Crippen molar-refractivity contribution in [1.29, 1.82) is 0 Å². The molecule has 0 spiro atoms. The van der Waals surface area contributed by atoms with E-state index in [0.29, 0.717) is 22.7 Å². The molecule has 1 aliphatic rings. The van der Waals surface area contributed by atoms with Gasteiger partial charge in [0.05, 0.1) is 4.91 Å². The summed E-state index contributed by atoms with van der Waals surface area (Å²) in [6.07, 6.45) is 1.58. The zero-order valence-corrected chi connectivity index (χ0v) is 22.1. The summed E-state index contributed by atoms with van der Waals surface area (Å²) in [4.78, 5) is 51.0. The van der Waals surface area contributed by atoms with Gasteiger partial charge in [0.2, 0.25) is 5.91 Å². The maximum atomic E-state index is 12.8. The molecule has 194 valence electrons. The minimum atomic E-state index is -0.524. The second-order valence-electron chi connectivity index (χ2n) is 8.91. The molecule has 1 saturated heterocycles. The molecule has 0 aliphatic carbocycles. The third-order valence-electron chi connectivity index (χ3n) is 5.73. The van der Waals surface area contributed by atoms with Crippen LogP contribution >= 0.6 is 11.8 Å². The van der Waals surface area contributed by atoms with Crippen molar-refractivity contribution in [2.24, 2.45) is 0 Å². The molecule has 1 aliphatic heterocycles. The number of ether oxygens (including phenoxy) is 1. The van der Waals surface area contributed by atoms with Crippen molar-refractivity contribution in [3.8, 4) is 5.75 Å².